The minimum atomic E-state index is -3.59. The van der Waals surface area contributed by atoms with Crippen molar-refractivity contribution in [3.05, 3.63) is 58.4 Å². The zero-order valence-electron chi connectivity index (χ0n) is 16.9. The summed E-state index contributed by atoms with van der Waals surface area (Å²) < 4.78 is 32.8. The number of sulfonamides is 1. The van der Waals surface area contributed by atoms with Crippen molar-refractivity contribution in [1.82, 2.24) is 8.87 Å². The highest BCUT2D eigenvalue weighted by Gasteiger charge is 2.18. The molecule has 0 saturated carbocycles. The van der Waals surface area contributed by atoms with Crippen LogP contribution in [0.2, 0.25) is 0 Å². The van der Waals surface area contributed by atoms with Gasteiger partial charge < -0.3 is 9.30 Å². The predicted octanol–water partition coefficient (Wildman–Crippen LogP) is 2.18. The summed E-state index contributed by atoms with van der Waals surface area (Å²) in [6.07, 6.45) is 0. The van der Waals surface area contributed by atoms with E-state index in [9.17, 15) is 18.0 Å². The average molecular weight is 448 g/mol. The van der Waals surface area contributed by atoms with Gasteiger partial charge >= 0.3 is 5.97 Å². The van der Waals surface area contributed by atoms with Gasteiger partial charge in [0.2, 0.25) is 10.0 Å². The van der Waals surface area contributed by atoms with E-state index in [2.05, 4.69) is 4.99 Å². The number of aryl methyl sites for hydroxylation is 1. The van der Waals surface area contributed by atoms with Gasteiger partial charge in [-0.15, -0.1) is 0 Å². The Labute approximate surface area is 178 Å². The minimum absolute atomic E-state index is 0.0759. The first-order chi connectivity index (χ1) is 14.1. The summed E-state index contributed by atoms with van der Waals surface area (Å²) in [5.74, 6) is -0.989. The number of nitrogens with zero attached hydrogens (tertiary/aromatic N) is 3. The number of carbonyl (C=O) groups is 2. The third-order valence-electron chi connectivity index (χ3n) is 4.49. The fourth-order valence-electron chi connectivity index (χ4n) is 2.86. The summed E-state index contributed by atoms with van der Waals surface area (Å²) in [5.41, 5.74) is 2.00. The summed E-state index contributed by atoms with van der Waals surface area (Å²) in [6, 6.07) is 11.3. The Balaban J connectivity index is 2.06. The van der Waals surface area contributed by atoms with Crippen molar-refractivity contribution in [2.75, 3.05) is 21.2 Å². The largest absolute Gasteiger partial charge is 0.468 e. The molecule has 1 amide bonds. The van der Waals surface area contributed by atoms with Crippen molar-refractivity contribution < 1.29 is 22.7 Å². The van der Waals surface area contributed by atoms with E-state index in [4.69, 9.17) is 4.74 Å². The van der Waals surface area contributed by atoms with Gasteiger partial charge in [-0.2, -0.15) is 4.99 Å². The Kier molecular flexibility index (Phi) is 6.20. The number of ether oxygens (including phenoxy) is 1. The molecule has 1 aromatic heterocycles. The minimum Gasteiger partial charge on any atom is -0.468 e. The van der Waals surface area contributed by atoms with Gasteiger partial charge in [0.15, 0.2) is 4.80 Å². The van der Waals surface area contributed by atoms with E-state index < -0.39 is 21.9 Å². The molecule has 158 valence electrons. The van der Waals surface area contributed by atoms with Crippen LogP contribution in [0, 0.1) is 6.92 Å². The molecule has 0 aliphatic carbocycles. The molecule has 8 nitrogen and oxygen atoms in total. The SMILES string of the molecule is COC(=O)Cn1c(=NC(=O)c2ccc(S(=O)(=O)N(C)C)cc2)sc2cccc(C)c21. The lowest BCUT2D eigenvalue weighted by Crippen LogP contribution is -2.23. The molecular weight excluding hydrogens is 426 g/mol. The second-order valence-electron chi connectivity index (χ2n) is 6.70. The maximum Gasteiger partial charge on any atom is 0.325 e. The zero-order valence-corrected chi connectivity index (χ0v) is 18.6. The number of hydrogen-bond donors (Lipinski definition) is 0. The Morgan fingerprint density at radius 1 is 1.13 bits per heavy atom. The number of para-hydroxylation sites is 1. The number of rotatable bonds is 5. The van der Waals surface area contributed by atoms with E-state index in [1.165, 1.54) is 56.8 Å². The number of methoxy groups -OCH3 is 1. The molecule has 0 radical (unpaired) electrons. The molecule has 3 aromatic rings. The molecule has 3 rings (SSSR count). The smallest absolute Gasteiger partial charge is 0.325 e. The average Bonchev–Trinajstić information content (AvgIpc) is 3.05. The van der Waals surface area contributed by atoms with Gasteiger partial charge in [-0.05, 0) is 42.8 Å². The fourth-order valence-corrected chi connectivity index (χ4v) is 4.87. The molecule has 0 fully saturated rings. The number of aromatic nitrogens is 1. The highest BCUT2D eigenvalue weighted by atomic mass is 32.2. The number of benzene rings is 2. The molecule has 30 heavy (non-hydrogen) atoms. The van der Waals surface area contributed by atoms with Gasteiger partial charge in [-0.1, -0.05) is 23.5 Å². The number of hydrogen-bond acceptors (Lipinski definition) is 6. The number of fused-ring (bicyclic) bond motifs is 1. The van der Waals surface area contributed by atoms with Gasteiger partial charge in [-0.3, -0.25) is 9.59 Å². The molecule has 0 aliphatic heterocycles. The van der Waals surface area contributed by atoms with E-state index in [1.807, 2.05) is 25.1 Å². The normalized spacial score (nSPS) is 12.5. The maximum absolute atomic E-state index is 12.7. The molecule has 0 N–H and O–H groups in total. The molecular formula is C20H21N3O5S2. The van der Waals surface area contributed by atoms with Crippen LogP contribution in [0.5, 0.6) is 0 Å². The van der Waals surface area contributed by atoms with Gasteiger partial charge in [0.05, 0.1) is 22.2 Å². The summed E-state index contributed by atoms with van der Waals surface area (Å²) in [6.45, 7) is 1.84. The fraction of sp³-hybridized carbons (Fsp3) is 0.250. The summed E-state index contributed by atoms with van der Waals surface area (Å²) in [4.78, 5) is 29.3. The highest BCUT2D eigenvalue weighted by molar-refractivity contribution is 7.89. The van der Waals surface area contributed by atoms with E-state index in [0.29, 0.717) is 4.80 Å². The molecule has 0 saturated heterocycles. The Hall–Kier alpha value is -2.82. The predicted molar refractivity (Wildman–Crippen MR) is 114 cm³/mol. The van der Waals surface area contributed by atoms with E-state index in [0.717, 1.165) is 20.1 Å². The van der Waals surface area contributed by atoms with Crippen molar-refractivity contribution in [3.63, 3.8) is 0 Å². The Morgan fingerprint density at radius 3 is 2.40 bits per heavy atom. The van der Waals surface area contributed by atoms with Crippen LogP contribution in [0.1, 0.15) is 15.9 Å². The van der Waals surface area contributed by atoms with Crippen LogP contribution in [0.4, 0.5) is 0 Å². The van der Waals surface area contributed by atoms with Gasteiger partial charge in [0.25, 0.3) is 5.91 Å². The first-order valence-corrected chi connectivity index (χ1v) is 11.2. The summed E-state index contributed by atoms with van der Waals surface area (Å²) >= 11 is 1.29. The Morgan fingerprint density at radius 2 is 1.80 bits per heavy atom. The third-order valence-corrected chi connectivity index (χ3v) is 7.37. The number of thiazole rings is 1. The second-order valence-corrected chi connectivity index (χ2v) is 9.86. The lowest BCUT2D eigenvalue weighted by Gasteiger charge is -2.11. The number of esters is 1. The van der Waals surface area contributed by atoms with Crippen molar-refractivity contribution in [3.8, 4) is 0 Å². The van der Waals surface area contributed by atoms with Crippen molar-refractivity contribution in [2.45, 2.75) is 18.4 Å². The van der Waals surface area contributed by atoms with Crippen LogP contribution >= 0.6 is 11.3 Å². The zero-order chi connectivity index (χ0) is 22.1. The number of amides is 1. The molecule has 0 spiro atoms. The maximum atomic E-state index is 12.7. The van der Waals surface area contributed by atoms with Crippen molar-refractivity contribution in [1.29, 1.82) is 0 Å². The third kappa shape index (κ3) is 4.20. The summed E-state index contributed by atoms with van der Waals surface area (Å²) in [5, 5.41) is 0. The lowest BCUT2D eigenvalue weighted by atomic mass is 10.2. The van der Waals surface area contributed by atoms with E-state index in [1.54, 1.807) is 4.57 Å². The molecule has 0 unspecified atom stereocenters. The molecule has 10 heteroatoms. The first kappa shape index (κ1) is 21.9. The highest BCUT2D eigenvalue weighted by Crippen LogP contribution is 2.21. The van der Waals surface area contributed by atoms with E-state index in [-0.39, 0.29) is 17.0 Å². The quantitative estimate of drug-likeness (QED) is 0.559. The van der Waals surface area contributed by atoms with Crippen LogP contribution in [0.3, 0.4) is 0 Å². The van der Waals surface area contributed by atoms with Crippen LogP contribution < -0.4 is 4.80 Å². The molecule has 1 heterocycles. The number of carbonyl (C=O) groups excluding carboxylic acids is 2. The van der Waals surface area contributed by atoms with Gasteiger partial charge in [0, 0.05) is 19.7 Å². The first-order valence-electron chi connectivity index (χ1n) is 8.92. The van der Waals surface area contributed by atoms with Crippen LogP contribution in [-0.4, -0.2) is 50.4 Å². The monoisotopic (exact) mass is 447 g/mol. The van der Waals surface area contributed by atoms with Crippen molar-refractivity contribution >= 4 is 43.5 Å². The molecule has 0 bridgehead atoms. The second kappa shape index (κ2) is 8.50. The molecule has 0 aliphatic rings. The molecule has 0 atom stereocenters. The van der Waals surface area contributed by atoms with Crippen LogP contribution in [0.25, 0.3) is 10.2 Å². The van der Waals surface area contributed by atoms with Crippen LogP contribution in [-0.2, 0) is 26.1 Å². The van der Waals surface area contributed by atoms with Crippen molar-refractivity contribution in [2.24, 2.45) is 4.99 Å². The molecule has 2 aromatic carbocycles. The van der Waals surface area contributed by atoms with Gasteiger partial charge in [0.1, 0.15) is 6.54 Å². The topological polar surface area (TPSA) is 98.0 Å². The van der Waals surface area contributed by atoms with Gasteiger partial charge in [-0.25, -0.2) is 12.7 Å². The lowest BCUT2D eigenvalue weighted by molar-refractivity contribution is -0.141. The van der Waals surface area contributed by atoms with E-state index >= 15 is 0 Å². The van der Waals surface area contributed by atoms with Crippen LogP contribution in [0.15, 0.2) is 52.4 Å². The Bertz CT molecular complexity index is 1290. The standard InChI is InChI=1S/C20H21N3O5S2/c1-13-6-5-7-16-18(13)23(12-17(24)28-4)20(29-16)21-19(25)14-8-10-15(11-9-14)30(26,27)22(2)3/h5-11H,12H2,1-4H3. The summed E-state index contributed by atoms with van der Waals surface area (Å²) in [7, 11) is 0.591.